The zero-order valence-electron chi connectivity index (χ0n) is 23.4. The molecule has 3 rings (SSSR count). The summed E-state index contributed by atoms with van der Waals surface area (Å²) >= 11 is 0. The third-order valence-electron chi connectivity index (χ3n) is 5.57. The number of nitrogens with one attached hydrogen (secondary N) is 1. The number of nitrogens with two attached hydrogens (primary N) is 3. The van der Waals surface area contributed by atoms with Crippen molar-refractivity contribution in [3.63, 3.8) is 0 Å². The highest BCUT2D eigenvalue weighted by Gasteiger charge is 2.09. The lowest BCUT2D eigenvalue weighted by Crippen LogP contribution is -2.30. The van der Waals surface area contributed by atoms with Gasteiger partial charge in [-0.1, -0.05) is 31.4 Å². The van der Waals surface area contributed by atoms with Crippen LogP contribution in [0.3, 0.4) is 0 Å². The standard InChI is InChI=1S/C9H9NO2.C9H10O3.C6H13N.C5H12N2O2/c1-7(12)10-9-4-2-8(6-11)3-5-9;1-12-8-4-2-7(3-5-8)6-9(10)11;7-6-4-2-1-3-5-6;6-3-1-2-4(7)5(8)9/h2-6H,1H3,(H,10,12);2-5H,6H2,1H3,(H,10,11);6H,1-5,7H2;4H,1-3,6-7H2,(H,8,9). The molecule has 2 aromatic carbocycles. The number of rotatable bonds is 9. The number of carboxylic acids is 2. The van der Waals surface area contributed by atoms with E-state index in [0.29, 0.717) is 36.7 Å². The molecule has 11 nitrogen and oxygen atoms in total. The van der Waals surface area contributed by atoms with Gasteiger partial charge in [0, 0.05) is 24.2 Å². The monoisotopic (exact) mass is 560 g/mol. The number of methoxy groups -OCH3 is 1. The van der Waals surface area contributed by atoms with Crippen molar-refractivity contribution >= 4 is 29.8 Å². The van der Waals surface area contributed by atoms with E-state index in [1.165, 1.54) is 39.0 Å². The minimum atomic E-state index is -0.955. The molecule has 222 valence electrons. The van der Waals surface area contributed by atoms with Crippen LogP contribution in [-0.4, -0.2) is 60.1 Å². The third-order valence-corrected chi connectivity index (χ3v) is 5.57. The summed E-state index contributed by atoms with van der Waals surface area (Å²) in [5, 5.41) is 19.3. The predicted octanol–water partition coefficient (Wildman–Crippen LogP) is 3.19. The van der Waals surface area contributed by atoms with E-state index in [4.69, 9.17) is 32.2 Å². The first-order valence-electron chi connectivity index (χ1n) is 13.1. The molecule has 1 amide bonds. The number of carbonyl (C=O) groups excluding carboxylic acids is 2. The first-order valence-corrected chi connectivity index (χ1v) is 13.1. The van der Waals surface area contributed by atoms with Crippen LogP contribution in [0.4, 0.5) is 5.69 Å². The molecule has 0 heterocycles. The summed E-state index contributed by atoms with van der Waals surface area (Å²) in [4.78, 5) is 41.2. The number of aldehydes is 1. The minimum Gasteiger partial charge on any atom is -0.497 e. The molecule has 40 heavy (non-hydrogen) atoms. The van der Waals surface area contributed by atoms with Crippen LogP contribution >= 0.6 is 0 Å². The van der Waals surface area contributed by atoms with E-state index in [9.17, 15) is 19.2 Å². The van der Waals surface area contributed by atoms with E-state index in [1.54, 1.807) is 55.6 Å². The molecule has 0 saturated heterocycles. The fourth-order valence-corrected chi connectivity index (χ4v) is 3.36. The van der Waals surface area contributed by atoms with Gasteiger partial charge in [-0.2, -0.15) is 0 Å². The molecule has 1 aliphatic carbocycles. The Hall–Kier alpha value is -3.80. The van der Waals surface area contributed by atoms with Crippen LogP contribution in [-0.2, 0) is 20.8 Å². The smallest absolute Gasteiger partial charge is 0.320 e. The van der Waals surface area contributed by atoms with Gasteiger partial charge in [0.1, 0.15) is 18.1 Å². The van der Waals surface area contributed by atoms with Crippen molar-refractivity contribution < 1.29 is 34.1 Å². The SMILES string of the molecule is CC(=O)Nc1ccc(C=O)cc1.COc1ccc(CC(=O)O)cc1.NC1CCCCC1.NCCCC(N)C(=O)O. The van der Waals surface area contributed by atoms with Crippen molar-refractivity contribution in [3.05, 3.63) is 59.7 Å². The maximum absolute atomic E-state index is 10.6. The van der Waals surface area contributed by atoms with E-state index in [1.807, 2.05) is 0 Å². The van der Waals surface area contributed by atoms with Gasteiger partial charge in [-0.3, -0.25) is 19.2 Å². The van der Waals surface area contributed by atoms with Gasteiger partial charge >= 0.3 is 11.9 Å². The average Bonchev–Trinajstić information content (AvgIpc) is 2.93. The average molecular weight is 561 g/mol. The second kappa shape index (κ2) is 22.1. The summed E-state index contributed by atoms with van der Waals surface area (Å²) in [5.74, 6) is -1.15. The van der Waals surface area contributed by atoms with Gasteiger partial charge in [-0.25, -0.2) is 0 Å². The van der Waals surface area contributed by atoms with Crippen LogP contribution in [0.1, 0.15) is 67.8 Å². The van der Waals surface area contributed by atoms with Crippen molar-refractivity contribution in [2.45, 2.75) is 70.4 Å². The van der Waals surface area contributed by atoms with Crippen LogP contribution in [0.15, 0.2) is 48.5 Å². The number of carbonyl (C=O) groups is 4. The van der Waals surface area contributed by atoms with Gasteiger partial charge in [0.05, 0.1) is 13.5 Å². The number of aliphatic carboxylic acids is 2. The quantitative estimate of drug-likeness (QED) is 0.247. The normalized spacial score (nSPS) is 12.9. The van der Waals surface area contributed by atoms with Crippen LogP contribution < -0.4 is 27.3 Å². The molecule has 1 fully saturated rings. The largest absolute Gasteiger partial charge is 0.497 e. The molecular formula is C29H44N4O7. The Morgan fingerprint density at radius 3 is 1.98 bits per heavy atom. The fourth-order valence-electron chi connectivity index (χ4n) is 3.36. The Morgan fingerprint density at radius 1 is 1.02 bits per heavy atom. The van der Waals surface area contributed by atoms with E-state index >= 15 is 0 Å². The zero-order chi connectivity index (χ0) is 30.3. The lowest BCUT2D eigenvalue weighted by Gasteiger charge is -2.15. The van der Waals surface area contributed by atoms with Crippen molar-refractivity contribution in [1.82, 2.24) is 0 Å². The number of carboxylic acid groups (broad SMARTS) is 2. The summed E-state index contributed by atoms with van der Waals surface area (Å²) in [6.07, 6.45) is 8.62. The van der Waals surface area contributed by atoms with Crippen molar-refractivity contribution in [2.24, 2.45) is 17.2 Å². The molecule has 1 aliphatic rings. The molecule has 0 aliphatic heterocycles. The molecule has 0 aromatic heterocycles. The Labute approximate surface area is 236 Å². The van der Waals surface area contributed by atoms with Gasteiger partial charge in [0.25, 0.3) is 0 Å². The van der Waals surface area contributed by atoms with Crippen LogP contribution in [0, 0.1) is 0 Å². The van der Waals surface area contributed by atoms with Crippen molar-refractivity contribution in [1.29, 1.82) is 0 Å². The summed E-state index contributed by atoms with van der Waals surface area (Å²) in [5.41, 5.74) is 18.0. The molecular weight excluding hydrogens is 516 g/mol. The van der Waals surface area contributed by atoms with E-state index in [2.05, 4.69) is 5.32 Å². The van der Waals surface area contributed by atoms with E-state index in [0.717, 1.165) is 17.6 Å². The molecule has 1 unspecified atom stereocenters. The van der Waals surface area contributed by atoms with Crippen LogP contribution in [0.5, 0.6) is 5.75 Å². The molecule has 0 spiro atoms. The minimum absolute atomic E-state index is 0.0595. The van der Waals surface area contributed by atoms with Gasteiger partial charge < -0.3 is 37.5 Å². The van der Waals surface area contributed by atoms with Crippen molar-refractivity contribution in [3.8, 4) is 5.75 Å². The zero-order valence-corrected chi connectivity index (χ0v) is 23.4. The fraction of sp³-hybridized carbons (Fsp3) is 0.448. The highest BCUT2D eigenvalue weighted by atomic mass is 16.5. The lowest BCUT2D eigenvalue weighted by atomic mass is 9.97. The first kappa shape index (κ1) is 36.2. The van der Waals surface area contributed by atoms with Crippen molar-refractivity contribution in [2.75, 3.05) is 19.0 Å². The second-order valence-corrected chi connectivity index (χ2v) is 9.11. The number of benzene rings is 2. The maximum atomic E-state index is 10.6. The van der Waals surface area contributed by atoms with Crippen LogP contribution in [0.2, 0.25) is 0 Å². The van der Waals surface area contributed by atoms with E-state index < -0.39 is 18.0 Å². The topological polar surface area (TPSA) is 208 Å². The summed E-state index contributed by atoms with van der Waals surface area (Å²) < 4.78 is 4.93. The number of ether oxygens (including phenoxy) is 1. The maximum Gasteiger partial charge on any atom is 0.320 e. The Balaban J connectivity index is 0.000000518. The first-order chi connectivity index (χ1) is 19.0. The summed E-state index contributed by atoms with van der Waals surface area (Å²) in [7, 11) is 1.58. The summed E-state index contributed by atoms with van der Waals surface area (Å²) in [6.45, 7) is 1.94. The molecule has 1 atom stereocenters. The highest BCUT2D eigenvalue weighted by Crippen LogP contribution is 2.15. The number of hydrogen-bond acceptors (Lipinski definition) is 8. The highest BCUT2D eigenvalue weighted by molar-refractivity contribution is 5.89. The Morgan fingerprint density at radius 2 is 1.60 bits per heavy atom. The molecule has 9 N–H and O–H groups in total. The van der Waals surface area contributed by atoms with Gasteiger partial charge in [0.2, 0.25) is 5.91 Å². The third kappa shape index (κ3) is 19.3. The predicted molar refractivity (Wildman–Crippen MR) is 155 cm³/mol. The molecule has 11 heteroatoms. The number of hydrogen-bond donors (Lipinski definition) is 6. The molecule has 0 bridgehead atoms. The van der Waals surface area contributed by atoms with E-state index in [-0.39, 0.29) is 12.3 Å². The molecule has 1 saturated carbocycles. The van der Waals surface area contributed by atoms with Gasteiger partial charge in [-0.15, -0.1) is 0 Å². The van der Waals surface area contributed by atoms with Gasteiger partial charge in [0.15, 0.2) is 0 Å². The Bertz CT molecular complexity index is 992. The van der Waals surface area contributed by atoms with Gasteiger partial charge in [-0.05, 0) is 74.2 Å². The lowest BCUT2D eigenvalue weighted by molar-refractivity contribution is -0.139. The molecule has 2 aromatic rings. The molecule has 0 radical (unpaired) electrons. The Kier molecular flexibility index (Phi) is 20.0. The summed E-state index contributed by atoms with van der Waals surface area (Å²) in [6, 6.07) is 13.4. The number of amides is 1. The second-order valence-electron chi connectivity index (χ2n) is 9.11. The number of anilines is 1. The van der Waals surface area contributed by atoms with Crippen LogP contribution in [0.25, 0.3) is 0 Å².